The van der Waals surface area contributed by atoms with Crippen molar-refractivity contribution < 1.29 is 43.2 Å². The second-order valence-corrected chi connectivity index (χ2v) is 5.09. The van der Waals surface area contributed by atoms with Gasteiger partial charge in [-0.25, -0.2) is 0 Å². The van der Waals surface area contributed by atoms with Gasteiger partial charge < -0.3 is 28.8 Å². The summed E-state index contributed by atoms with van der Waals surface area (Å²) in [5, 5.41) is 10.8. The zero-order valence-electron chi connectivity index (χ0n) is 12.4. The Labute approximate surface area is 126 Å². The number of fused-ring (bicyclic) bond motifs is 1. The number of hydrogen-bond acceptors (Lipinski definition) is 9. The Kier molecular flexibility index (Phi) is 4.81. The van der Waals surface area contributed by atoms with Crippen LogP contribution in [-0.2, 0) is 38.1 Å². The molecule has 9 heteroatoms. The van der Waals surface area contributed by atoms with Crippen LogP contribution in [0.2, 0.25) is 0 Å². The van der Waals surface area contributed by atoms with E-state index in [2.05, 4.69) is 0 Å². The summed E-state index contributed by atoms with van der Waals surface area (Å²) in [6, 6.07) is 0. The molecule has 5 atom stereocenters. The monoisotopic (exact) mass is 318 g/mol. The Morgan fingerprint density at radius 1 is 1.36 bits per heavy atom. The van der Waals surface area contributed by atoms with Gasteiger partial charge in [-0.1, -0.05) is 0 Å². The summed E-state index contributed by atoms with van der Waals surface area (Å²) in [6.07, 6.45) is -4.63. The van der Waals surface area contributed by atoms with Gasteiger partial charge in [0.25, 0.3) is 0 Å². The maximum absolute atomic E-state index is 12.1. The molecule has 0 unspecified atom stereocenters. The van der Waals surface area contributed by atoms with E-state index in [0.29, 0.717) is 0 Å². The normalized spacial score (nSPS) is 37.5. The van der Waals surface area contributed by atoms with E-state index < -0.39 is 47.9 Å². The van der Waals surface area contributed by atoms with E-state index in [1.54, 1.807) is 0 Å². The molecule has 0 saturated carbocycles. The molecule has 1 N–H and O–H groups in total. The summed E-state index contributed by atoms with van der Waals surface area (Å²) in [5.74, 6) is -1.95. The van der Waals surface area contributed by atoms with E-state index >= 15 is 0 Å². The molecule has 124 valence electrons. The smallest absolute Gasteiger partial charge is 0.303 e. The van der Waals surface area contributed by atoms with Gasteiger partial charge in [-0.05, 0) is 0 Å². The lowest BCUT2D eigenvalue weighted by Crippen LogP contribution is -2.69. The summed E-state index contributed by atoms with van der Waals surface area (Å²) >= 11 is 0. The number of ketones is 1. The molecule has 2 aliphatic heterocycles. The predicted molar refractivity (Wildman–Crippen MR) is 67.6 cm³/mol. The number of hydrogen-bond donors (Lipinski definition) is 1. The van der Waals surface area contributed by atoms with E-state index in [4.69, 9.17) is 23.7 Å². The summed E-state index contributed by atoms with van der Waals surface area (Å²) in [5.41, 5.74) is -2.12. The molecule has 0 bridgehead atoms. The van der Waals surface area contributed by atoms with Crippen LogP contribution in [0.25, 0.3) is 0 Å². The van der Waals surface area contributed by atoms with Crippen molar-refractivity contribution in [2.45, 2.75) is 44.1 Å². The Morgan fingerprint density at radius 2 is 2.05 bits per heavy atom. The fourth-order valence-corrected chi connectivity index (χ4v) is 2.62. The molecule has 2 saturated heterocycles. The Bertz CT molecular complexity index is 476. The number of carbonyl (C=O) groups is 3. The number of esters is 2. The lowest BCUT2D eigenvalue weighted by Gasteiger charge is -2.45. The third-order valence-corrected chi connectivity index (χ3v) is 3.58. The van der Waals surface area contributed by atoms with Crippen LogP contribution in [0.3, 0.4) is 0 Å². The minimum atomic E-state index is -2.12. The first-order valence-corrected chi connectivity index (χ1v) is 6.66. The highest BCUT2D eigenvalue weighted by molar-refractivity contribution is 5.92. The van der Waals surface area contributed by atoms with E-state index in [0.717, 1.165) is 6.92 Å². The number of Topliss-reactive ketones (excluding diaryl/α,β-unsaturated/α-hetero) is 1. The minimum absolute atomic E-state index is 0.310. The van der Waals surface area contributed by atoms with Crippen LogP contribution in [0, 0.1) is 0 Å². The van der Waals surface area contributed by atoms with Crippen LogP contribution in [0.4, 0.5) is 0 Å². The minimum Gasteiger partial charge on any atom is -0.463 e. The largest absolute Gasteiger partial charge is 0.463 e. The molecule has 0 aromatic heterocycles. The molecule has 0 amide bonds. The van der Waals surface area contributed by atoms with Gasteiger partial charge in [0.15, 0.2) is 23.8 Å². The van der Waals surface area contributed by atoms with E-state index in [-0.39, 0.29) is 13.2 Å². The van der Waals surface area contributed by atoms with Crippen molar-refractivity contribution in [3.8, 4) is 0 Å². The quantitative estimate of drug-likeness (QED) is 0.621. The van der Waals surface area contributed by atoms with Gasteiger partial charge in [-0.3, -0.25) is 14.4 Å². The predicted octanol–water partition coefficient (Wildman–Crippen LogP) is -1.45. The molecular weight excluding hydrogens is 300 g/mol. The second kappa shape index (κ2) is 6.29. The fraction of sp³-hybridized carbons (Fsp3) is 0.769. The Balaban J connectivity index is 2.32. The highest BCUT2D eigenvalue weighted by Crippen LogP contribution is 2.39. The van der Waals surface area contributed by atoms with Crippen LogP contribution in [-0.4, -0.2) is 73.4 Å². The first kappa shape index (κ1) is 16.8. The van der Waals surface area contributed by atoms with Crippen molar-refractivity contribution in [1.82, 2.24) is 0 Å². The van der Waals surface area contributed by atoms with E-state index in [9.17, 15) is 19.5 Å². The van der Waals surface area contributed by atoms with E-state index in [1.165, 1.54) is 14.0 Å². The van der Waals surface area contributed by atoms with Crippen molar-refractivity contribution in [2.24, 2.45) is 0 Å². The molecule has 0 radical (unpaired) electrons. The molecule has 2 fully saturated rings. The molecular formula is C13H18O9. The van der Waals surface area contributed by atoms with Crippen LogP contribution in [0.5, 0.6) is 0 Å². The first-order chi connectivity index (χ1) is 10.3. The van der Waals surface area contributed by atoms with Gasteiger partial charge in [-0.15, -0.1) is 0 Å². The van der Waals surface area contributed by atoms with Gasteiger partial charge in [0.05, 0.1) is 0 Å². The maximum Gasteiger partial charge on any atom is 0.303 e. The summed E-state index contributed by atoms with van der Waals surface area (Å²) in [6.45, 7) is 1.65. The number of aliphatic hydroxyl groups is 1. The third kappa shape index (κ3) is 2.84. The highest BCUT2D eigenvalue weighted by atomic mass is 16.7. The molecule has 0 aromatic carbocycles. The number of carbonyl (C=O) groups excluding carboxylic acids is 3. The van der Waals surface area contributed by atoms with Crippen LogP contribution in [0.15, 0.2) is 0 Å². The molecule has 2 heterocycles. The second-order valence-electron chi connectivity index (χ2n) is 5.09. The van der Waals surface area contributed by atoms with Gasteiger partial charge in [0.2, 0.25) is 0 Å². The average Bonchev–Trinajstić information content (AvgIpc) is 2.75. The summed E-state index contributed by atoms with van der Waals surface area (Å²) in [4.78, 5) is 34.4. The first-order valence-electron chi connectivity index (χ1n) is 6.66. The molecule has 0 spiro atoms. The van der Waals surface area contributed by atoms with Gasteiger partial charge >= 0.3 is 11.9 Å². The van der Waals surface area contributed by atoms with Gasteiger partial charge in [0, 0.05) is 21.0 Å². The lowest BCUT2D eigenvalue weighted by atomic mass is 9.82. The zero-order valence-corrected chi connectivity index (χ0v) is 12.4. The van der Waals surface area contributed by atoms with Gasteiger partial charge in [0.1, 0.15) is 25.4 Å². The lowest BCUT2D eigenvalue weighted by molar-refractivity contribution is -0.311. The van der Waals surface area contributed by atoms with Crippen molar-refractivity contribution in [1.29, 1.82) is 0 Å². The number of ether oxygens (including phenoxy) is 5. The zero-order chi connectivity index (χ0) is 16.5. The average molecular weight is 318 g/mol. The van der Waals surface area contributed by atoms with Crippen molar-refractivity contribution >= 4 is 17.7 Å². The summed E-state index contributed by atoms with van der Waals surface area (Å²) in [7, 11) is 1.31. The van der Waals surface area contributed by atoms with Crippen LogP contribution >= 0.6 is 0 Å². The van der Waals surface area contributed by atoms with Crippen molar-refractivity contribution in [3.05, 3.63) is 0 Å². The molecule has 22 heavy (non-hydrogen) atoms. The van der Waals surface area contributed by atoms with Crippen LogP contribution < -0.4 is 0 Å². The molecule has 0 aromatic rings. The Morgan fingerprint density at radius 3 is 2.59 bits per heavy atom. The molecule has 2 aliphatic rings. The molecule has 2 rings (SSSR count). The van der Waals surface area contributed by atoms with Crippen molar-refractivity contribution in [3.63, 3.8) is 0 Å². The van der Waals surface area contributed by atoms with Crippen LogP contribution in [0.1, 0.15) is 13.8 Å². The SMILES string of the molecule is CO[C@H]1O[C@H](COC(C)=O)[C@@H](OC(C)=O)[C@@]2(O)C(=O)CO[C@@H]12. The topological polar surface area (TPSA) is 118 Å². The van der Waals surface area contributed by atoms with Gasteiger partial charge in [-0.2, -0.15) is 0 Å². The van der Waals surface area contributed by atoms with Crippen molar-refractivity contribution in [2.75, 3.05) is 20.3 Å². The standard InChI is InChI=1S/C13H18O9/c1-6(14)19-4-8-10(21-7(2)15)13(17)9(16)5-20-11(13)12(18-3)22-8/h8,10-12,17H,4-5H2,1-3H3/t8-,10-,11+,12+,13+/m1/s1. The molecule has 0 aliphatic carbocycles. The Hall–Kier alpha value is -1.55. The number of methoxy groups -OCH3 is 1. The van der Waals surface area contributed by atoms with E-state index in [1.807, 2.05) is 0 Å². The number of rotatable bonds is 4. The molecule has 9 nitrogen and oxygen atoms in total. The summed E-state index contributed by atoms with van der Waals surface area (Å²) < 4.78 is 25.7. The fourth-order valence-electron chi connectivity index (χ4n) is 2.62. The third-order valence-electron chi connectivity index (χ3n) is 3.58. The highest BCUT2D eigenvalue weighted by Gasteiger charge is 2.66. The maximum atomic E-state index is 12.1.